The third-order valence-electron chi connectivity index (χ3n) is 6.37. The number of amides is 1. The number of nitrogen functional groups attached to an aromatic ring is 1. The highest BCUT2D eigenvalue weighted by molar-refractivity contribution is 6.04. The average Bonchev–Trinajstić information content (AvgIpc) is 3.26. The summed E-state index contributed by atoms with van der Waals surface area (Å²) in [7, 11) is 3.62. The van der Waals surface area contributed by atoms with Gasteiger partial charge in [-0.2, -0.15) is 5.10 Å². The largest absolute Gasteiger partial charge is 0.489 e. The fourth-order valence-corrected chi connectivity index (χ4v) is 4.57. The van der Waals surface area contributed by atoms with Crippen molar-refractivity contribution in [1.29, 1.82) is 0 Å². The number of carbonyl (C=O) groups excluding carboxylic acids is 1. The van der Waals surface area contributed by atoms with Crippen LogP contribution in [0.2, 0.25) is 0 Å². The Morgan fingerprint density at radius 3 is 2.89 bits per heavy atom. The van der Waals surface area contributed by atoms with E-state index in [-0.39, 0.29) is 5.91 Å². The van der Waals surface area contributed by atoms with Gasteiger partial charge >= 0.3 is 0 Å². The summed E-state index contributed by atoms with van der Waals surface area (Å²) in [4.78, 5) is 24.1. The van der Waals surface area contributed by atoms with E-state index in [1.54, 1.807) is 7.05 Å². The molecule has 0 aliphatic carbocycles. The van der Waals surface area contributed by atoms with E-state index in [0.717, 1.165) is 46.6 Å². The number of nitrogens with zero attached hydrogens (tertiary/aromatic N) is 5. The molecule has 0 saturated carbocycles. The van der Waals surface area contributed by atoms with Gasteiger partial charge in [-0.25, -0.2) is 9.97 Å². The number of nitrogens with two attached hydrogens (primary N) is 1. The molecule has 36 heavy (non-hydrogen) atoms. The smallest absolute Gasteiger partial charge is 0.254 e. The van der Waals surface area contributed by atoms with Gasteiger partial charge < -0.3 is 26.0 Å². The maximum atomic E-state index is 12.7. The van der Waals surface area contributed by atoms with Crippen LogP contribution in [0, 0.1) is 6.92 Å². The lowest BCUT2D eigenvalue weighted by atomic mass is 10.1. The predicted molar refractivity (Wildman–Crippen MR) is 142 cm³/mol. The summed E-state index contributed by atoms with van der Waals surface area (Å²) < 4.78 is 7.72. The van der Waals surface area contributed by atoms with Crippen LogP contribution in [0.3, 0.4) is 0 Å². The summed E-state index contributed by atoms with van der Waals surface area (Å²) in [6.07, 6.45) is 2.55. The van der Waals surface area contributed by atoms with Crippen LogP contribution in [0.5, 0.6) is 5.75 Å². The number of para-hydroxylation sites is 1. The van der Waals surface area contributed by atoms with E-state index in [1.165, 1.54) is 6.20 Å². The lowest BCUT2D eigenvalue weighted by molar-refractivity contribution is 0.0963. The summed E-state index contributed by atoms with van der Waals surface area (Å²) in [6, 6.07) is 9.75. The van der Waals surface area contributed by atoms with Crippen LogP contribution in [-0.2, 0) is 6.54 Å². The number of hydrogen-bond donors (Lipinski definition) is 3. The summed E-state index contributed by atoms with van der Waals surface area (Å²) in [5, 5.41) is 11.6. The first kappa shape index (κ1) is 23.4. The summed E-state index contributed by atoms with van der Waals surface area (Å²) in [6.45, 7) is 6.22. The van der Waals surface area contributed by atoms with Gasteiger partial charge in [-0.15, -0.1) is 0 Å². The van der Waals surface area contributed by atoms with Crippen molar-refractivity contribution in [3.63, 3.8) is 0 Å². The fourth-order valence-electron chi connectivity index (χ4n) is 4.57. The number of ether oxygens (including phenoxy) is 1. The maximum Gasteiger partial charge on any atom is 0.254 e. The van der Waals surface area contributed by atoms with Crippen molar-refractivity contribution in [2.45, 2.75) is 26.8 Å². The monoisotopic (exact) mass is 486 g/mol. The second kappa shape index (κ2) is 9.37. The molecule has 2 aromatic carbocycles. The van der Waals surface area contributed by atoms with E-state index in [2.05, 4.69) is 33.5 Å². The lowest BCUT2D eigenvalue weighted by Gasteiger charge is -2.22. The Morgan fingerprint density at radius 1 is 1.28 bits per heavy atom. The summed E-state index contributed by atoms with van der Waals surface area (Å²) in [5.74, 6) is 0.829. The Hall–Kier alpha value is -4.34. The molecule has 0 bridgehead atoms. The van der Waals surface area contributed by atoms with Crippen molar-refractivity contribution < 1.29 is 9.53 Å². The zero-order valence-electron chi connectivity index (χ0n) is 20.9. The zero-order chi connectivity index (χ0) is 25.4. The fraction of sp³-hybridized carbons (Fsp3) is 0.308. The number of carbonyl (C=O) groups is 1. The molecule has 1 amide bonds. The van der Waals surface area contributed by atoms with Crippen LogP contribution in [0.1, 0.15) is 29.3 Å². The standard InChI is InChI=1S/C26H30N8O2/c1-5-9-33(4)20-12-15(2)19(13-18(20)27)30-26-29-14-17(25(35)28-3)22(31-26)23-16-7-6-8-21-24(16)34(32-23)10-11-36-21/h6-8,12-14H,5,9-11,27H2,1-4H3,(H,28,35)(H,29,30,31). The van der Waals surface area contributed by atoms with Gasteiger partial charge in [-0.3, -0.25) is 9.48 Å². The van der Waals surface area contributed by atoms with Crippen LogP contribution in [-0.4, -0.2) is 52.9 Å². The molecule has 5 rings (SSSR count). The second-order valence-electron chi connectivity index (χ2n) is 8.88. The first-order valence-electron chi connectivity index (χ1n) is 12.0. The SMILES string of the molecule is CCCN(C)c1cc(C)c(Nc2ncc(C(=O)NC)c(-c3nn4c5c(cccc35)OCC4)n2)cc1N. The Kier molecular flexibility index (Phi) is 6.09. The highest BCUT2D eigenvalue weighted by atomic mass is 16.5. The van der Waals surface area contributed by atoms with Crippen molar-refractivity contribution in [2.24, 2.45) is 0 Å². The molecular weight excluding hydrogens is 456 g/mol. The molecule has 0 unspecified atom stereocenters. The van der Waals surface area contributed by atoms with Crippen molar-refractivity contribution >= 4 is 39.8 Å². The van der Waals surface area contributed by atoms with E-state index in [0.29, 0.717) is 41.7 Å². The molecule has 10 nitrogen and oxygen atoms in total. The maximum absolute atomic E-state index is 12.7. The minimum Gasteiger partial charge on any atom is -0.489 e. The molecule has 186 valence electrons. The number of anilines is 4. The second-order valence-corrected chi connectivity index (χ2v) is 8.88. The topological polar surface area (TPSA) is 123 Å². The Morgan fingerprint density at radius 2 is 2.11 bits per heavy atom. The van der Waals surface area contributed by atoms with Crippen molar-refractivity contribution in [3.8, 4) is 17.1 Å². The first-order valence-corrected chi connectivity index (χ1v) is 12.0. The Labute approximate surface area is 209 Å². The molecule has 0 radical (unpaired) electrons. The molecule has 1 aliphatic heterocycles. The highest BCUT2D eigenvalue weighted by Crippen LogP contribution is 2.36. The first-order chi connectivity index (χ1) is 17.4. The normalized spacial score (nSPS) is 12.3. The molecule has 1 aliphatic rings. The third-order valence-corrected chi connectivity index (χ3v) is 6.37. The molecule has 4 aromatic rings. The Bertz CT molecular complexity index is 1460. The van der Waals surface area contributed by atoms with Gasteiger partial charge in [0.2, 0.25) is 5.95 Å². The van der Waals surface area contributed by atoms with Gasteiger partial charge in [0.15, 0.2) is 0 Å². The molecular formula is C26H30N8O2. The number of nitrogens with one attached hydrogen (secondary N) is 2. The van der Waals surface area contributed by atoms with Crippen molar-refractivity contribution in [3.05, 3.63) is 47.7 Å². The van der Waals surface area contributed by atoms with Crippen molar-refractivity contribution in [1.82, 2.24) is 25.1 Å². The number of benzene rings is 2. The van der Waals surface area contributed by atoms with Crippen LogP contribution in [0.15, 0.2) is 36.5 Å². The predicted octanol–water partition coefficient (Wildman–Crippen LogP) is 3.73. The molecule has 4 N–H and O–H groups in total. The van der Waals surface area contributed by atoms with Gasteiger partial charge in [-0.05, 0) is 37.1 Å². The number of hydrogen-bond acceptors (Lipinski definition) is 8. The molecule has 3 heterocycles. The van der Waals surface area contributed by atoms with Gasteiger partial charge in [0.25, 0.3) is 5.91 Å². The molecule has 0 atom stereocenters. The number of aromatic nitrogens is 4. The van der Waals surface area contributed by atoms with Gasteiger partial charge in [0.1, 0.15) is 29.3 Å². The van der Waals surface area contributed by atoms with E-state index < -0.39 is 0 Å². The van der Waals surface area contributed by atoms with E-state index in [9.17, 15) is 4.79 Å². The average molecular weight is 487 g/mol. The van der Waals surface area contributed by atoms with Crippen molar-refractivity contribution in [2.75, 3.05) is 43.2 Å². The van der Waals surface area contributed by atoms with Crippen LogP contribution in [0.25, 0.3) is 22.3 Å². The van der Waals surface area contributed by atoms with Crippen LogP contribution >= 0.6 is 0 Å². The van der Waals surface area contributed by atoms with E-state index in [1.807, 2.05) is 42.9 Å². The molecule has 0 saturated heterocycles. The van der Waals surface area contributed by atoms with Gasteiger partial charge in [0, 0.05) is 37.9 Å². The minimum atomic E-state index is -0.287. The highest BCUT2D eigenvalue weighted by Gasteiger charge is 2.24. The lowest BCUT2D eigenvalue weighted by Crippen LogP contribution is -2.20. The zero-order valence-corrected chi connectivity index (χ0v) is 20.9. The van der Waals surface area contributed by atoms with Gasteiger partial charge in [-0.1, -0.05) is 19.1 Å². The minimum absolute atomic E-state index is 0.287. The summed E-state index contributed by atoms with van der Waals surface area (Å²) >= 11 is 0. The molecule has 2 aromatic heterocycles. The summed E-state index contributed by atoms with van der Waals surface area (Å²) in [5.41, 5.74) is 12.1. The number of rotatable bonds is 7. The third kappa shape index (κ3) is 4.04. The van der Waals surface area contributed by atoms with E-state index >= 15 is 0 Å². The van der Waals surface area contributed by atoms with Gasteiger partial charge in [0.05, 0.1) is 23.5 Å². The molecule has 10 heteroatoms. The molecule has 0 spiro atoms. The van der Waals surface area contributed by atoms with Crippen LogP contribution < -0.4 is 26.0 Å². The Balaban J connectivity index is 1.58. The van der Waals surface area contributed by atoms with E-state index in [4.69, 9.17) is 20.6 Å². The number of aryl methyl sites for hydroxylation is 1. The molecule has 0 fully saturated rings. The quantitative estimate of drug-likeness (QED) is 0.338. The van der Waals surface area contributed by atoms with Crippen LogP contribution in [0.4, 0.5) is 23.0 Å².